The fourth-order valence-electron chi connectivity index (χ4n) is 3.02. The number of para-hydroxylation sites is 2. The van der Waals surface area contributed by atoms with Gasteiger partial charge in [0.1, 0.15) is 11.4 Å². The topological polar surface area (TPSA) is 44.3 Å². The highest BCUT2D eigenvalue weighted by molar-refractivity contribution is 7.14. The fraction of sp³-hybridized carbons (Fsp3) is 0.238. The van der Waals surface area contributed by atoms with Crippen LogP contribution in [-0.4, -0.2) is 20.7 Å². The Morgan fingerprint density at radius 1 is 1.11 bits per heavy atom. The smallest absolute Gasteiger partial charge is 0.190 e. The first-order valence-corrected chi connectivity index (χ1v) is 11.1. The molecule has 3 aromatic heterocycles. The summed E-state index contributed by atoms with van der Waals surface area (Å²) >= 11 is 3.43. The van der Waals surface area contributed by atoms with Crippen molar-refractivity contribution >= 4 is 28.4 Å². The highest BCUT2D eigenvalue weighted by Gasteiger charge is 2.10. The van der Waals surface area contributed by atoms with Crippen molar-refractivity contribution in [1.29, 1.82) is 0 Å². The summed E-state index contributed by atoms with van der Waals surface area (Å²) in [6.45, 7) is 4.45. The summed E-state index contributed by atoms with van der Waals surface area (Å²) in [5, 5.41) is 4.31. The summed E-state index contributed by atoms with van der Waals surface area (Å²) in [4.78, 5) is 11.3. The second-order valence-electron chi connectivity index (χ2n) is 6.20. The number of ether oxygens (including phenoxy) is 1. The number of nitrogens with zero attached hydrogens (tertiary/aromatic N) is 4. The van der Waals surface area contributed by atoms with Crippen molar-refractivity contribution in [2.75, 3.05) is 6.61 Å². The van der Waals surface area contributed by atoms with Gasteiger partial charge in [0.2, 0.25) is 0 Å². The Hall–Kier alpha value is -2.64. The van der Waals surface area contributed by atoms with Crippen molar-refractivity contribution in [3.05, 3.63) is 70.7 Å². The van der Waals surface area contributed by atoms with Gasteiger partial charge < -0.3 is 13.9 Å². The molecule has 0 saturated heterocycles. The van der Waals surface area contributed by atoms with E-state index in [1.165, 1.54) is 10.6 Å². The van der Waals surface area contributed by atoms with E-state index in [0.29, 0.717) is 6.61 Å². The average Bonchev–Trinajstić information content (AvgIpc) is 3.46. The molecule has 0 N–H and O–H groups in total. The molecule has 7 heteroatoms. The molecule has 0 aliphatic carbocycles. The number of hydrogen-bond donors (Lipinski definition) is 0. The molecule has 0 radical (unpaired) electrons. The quantitative estimate of drug-likeness (QED) is 0.401. The van der Waals surface area contributed by atoms with Gasteiger partial charge in [-0.3, -0.25) is 0 Å². The molecule has 4 rings (SSSR count). The maximum absolute atomic E-state index is 5.75. The van der Waals surface area contributed by atoms with Crippen molar-refractivity contribution in [3.63, 3.8) is 0 Å². The minimum atomic E-state index is 0.627. The third-order valence-corrected chi connectivity index (χ3v) is 6.07. The molecule has 0 fully saturated rings. The van der Waals surface area contributed by atoms with E-state index in [-0.39, 0.29) is 0 Å². The second-order valence-corrected chi connectivity index (χ2v) is 7.98. The highest BCUT2D eigenvalue weighted by atomic mass is 32.1. The molecular formula is C21H22N4OS2. The van der Waals surface area contributed by atoms with Gasteiger partial charge in [-0.25, -0.2) is 9.98 Å². The van der Waals surface area contributed by atoms with Crippen LogP contribution >= 0.6 is 22.7 Å². The molecule has 28 heavy (non-hydrogen) atoms. The van der Waals surface area contributed by atoms with E-state index in [0.717, 1.165) is 35.7 Å². The molecule has 4 aromatic rings. The van der Waals surface area contributed by atoms with Crippen molar-refractivity contribution in [2.24, 2.45) is 4.99 Å². The number of imidazole rings is 1. The van der Waals surface area contributed by atoms with E-state index in [4.69, 9.17) is 9.73 Å². The lowest BCUT2D eigenvalue weighted by Crippen LogP contribution is -2.17. The molecule has 0 aliphatic rings. The molecule has 5 nitrogen and oxygen atoms in total. The number of rotatable bonds is 8. The number of aryl methyl sites for hydroxylation is 1. The molecule has 0 aliphatic heterocycles. The Labute approximate surface area is 172 Å². The van der Waals surface area contributed by atoms with Gasteiger partial charge in [0.05, 0.1) is 23.5 Å². The van der Waals surface area contributed by atoms with Gasteiger partial charge in [0, 0.05) is 30.9 Å². The van der Waals surface area contributed by atoms with Crippen LogP contribution in [0.3, 0.4) is 0 Å². The first-order valence-electron chi connectivity index (χ1n) is 9.29. The van der Waals surface area contributed by atoms with Crippen LogP contribution in [0.5, 0.6) is 5.75 Å². The van der Waals surface area contributed by atoms with Crippen LogP contribution in [-0.2, 0) is 13.1 Å². The highest BCUT2D eigenvalue weighted by Crippen LogP contribution is 2.28. The van der Waals surface area contributed by atoms with Crippen LogP contribution in [0.25, 0.3) is 10.6 Å². The Bertz CT molecular complexity index is 1060. The van der Waals surface area contributed by atoms with E-state index in [1.807, 2.05) is 49.9 Å². The first-order chi connectivity index (χ1) is 13.8. The minimum Gasteiger partial charge on any atom is -0.492 e. The lowest BCUT2D eigenvalue weighted by Gasteiger charge is -2.09. The summed E-state index contributed by atoms with van der Waals surface area (Å²) < 4.78 is 10.2. The largest absolute Gasteiger partial charge is 0.492 e. The summed E-state index contributed by atoms with van der Waals surface area (Å²) in [6, 6.07) is 12.2. The van der Waals surface area contributed by atoms with Gasteiger partial charge in [0.15, 0.2) is 4.80 Å². The second kappa shape index (κ2) is 9.03. The maximum atomic E-state index is 5.75. The Morgan fingerprint density at radius 2 is 2.04 bits per heavy atom. The van der Waals surface area contributed by atoms with Gasteiger partial charge in [-0.2, -0.15) is 0 Å². The van der Waals surface area contributed by atoms with E-state index >= 15 is 0 Å². The van der Waals surface area contributed by atoms with Gasteiger partial charge in [-0.15, -0.1) is 22.7 Å². The summed E-state index contributed by atoms with van der Waals surface area (Å²) in [7, 11) is 0. The normalized spacial score (nSPS) is 11.8. The Morgan fingerprint density at radius 3 is 2.82 bits per heavy atom. The van der Waals surface area contributed by atoms with E-state index in [1.54, 1.807) is 22.7 Å². The monoisotopic (exact) mass is 410 g/mol. The molecule has 0 saturated carbocycles. The average molecular weight is 411 g/mol. The van der Waals surface area contributed by atoms with Crippen LogP contribution in [0, 0.1) is 0 Å². The molecule has 3 heterocycles. The molecule has 0 amide bonds. The van der Waals surface area contributed by atoms with Crippen LogP contribution in [0.4, 0.5) is 5.69 Å². The van der Waals surface area contributed by atoms with E-state index in [9.17, 15) is 0 Å². The van der Waals surface area contributed by atoms with Crippen molar-refractivity contribution < 1.29 is 4.74 Å². The Balaban J connectivity index is 1.68. The first kappa shape index (κ1) is 18.7. The minimum absolute atomic E-state index is 0.627. The van der Waals surface area contributed by atoms with Crippen molar-refractivity contribution in [1.82, 2.24) is 14.1 Å². The zero-order valence-corrected chi connectivity index (χ0v) is 17.3. The predicted molar refractivity (Wildman–Crippen MR) is 115 cm³/mol. The maximum Gasteiger partial charge on any atom is 0.190 e. The van der Waals surface area contributed by atoms with Crippen LogP contribution < -0.4 is 9.54 Å². The molecule has 1 aromatic carbocycles. The third kappa shape index (κ3) is 4.26. The Kier molecular flexibility index (Phi) is 6.04. The number of aromatic nitrogens is 3. The van der Waals surface area contributed by atoms with Gasteiger partial charge >= 0.3 is 0 Å². The summed E-state index contributed by atoms with van der Waals surface area (Å²) in [5.41, 5.74) is 2.09. The van der Waals surface area contributed by atoms with E-state index in [2.05, 4.69) is 37.0 Å². The van der Waals surface area contributed by atoms with Gasteiger partial charge in [0.25, 0.3) is 0 Å². The number of benzene rings is 1. The van der Waals surface area contributed by atoms with Crippen molar-refractivity contribution in [3.8, 4) is 16.3 Å². The van der Waals surface area contributed by atoms with Crippen LogP contribution in [0.1, 0.15) is 13.3 Å². The SMILES string of the molecule is CCOc1ccccc1N=c1scc(-c2cccs2)n1CCCn1ccnc1. The molecule has 144 valence electrons. The molecule has 0 unspecified atom stereocenters. The zero-order valence-electron chi connectivity index (χ0n) is 15.7. The van der Waals surface area contributed by atoms with Crippen LogP contribution in [0.15, 0.2) is 70.9 Å². The number of thiophene rings is 1. The molecular weight excluding hydrogens is 388 g/mol. The van der Waals surface area contributed by atoms with E-state index < -0.39 is 0 Å². The van der Waals surface area contributed by atoms with Crippen LogP contribution in [0.2, 0.25) is 0 Å². The molecule has 0 spiro atoms. The summed E-state index contributed by atoms with van der Waals surface area (Å²) in [5.74, 6) is 0.820. The van der Waals surface area contributed by atoms with Gasteiger partial charge in [-0.1, -0.05) is 18.2 Å². The number of thiazole rings is 1. The van der Waals surface area contributed by atoms with Crippen molar-refractivity contribution in [2.45, 2.75) is 26.4 Å². The molecule has 0 atom stereocenters. The fourth-order valence-corrected chi connectivity index (χ4v) is 4.78. The zero-order chi connectivity index (χ0) is 19.2. The standard InChI is InChI=1S/C21H22N4OS2/c1-2-26-19-8-4-3-7-17(19)23-21-25(12-6-11-24-13-10-22-16-24)18(15-28-21)20-9-5-14-27-20/h3-5,7-10,13-16H,2,6,11-12H2,1H3. The third-order valence-electron chi connectivity index (χ3n) is 4.31. The van der Waals surface area contributed by atoms with Gasteiger partial charge in [-0.05, 0) is 36.9 Å². The molecule has 0 bridgehead atoms. The lowest BCUT2D eigenvalue weighted by atomic mass is 10.3. The number of hydrogen-bond acceptors (Lipinski definition) is 5. The summed E-state index contributed by atoms with van der Waals surface area (Å²) in [6.07, 6.45) is 6.69. The predicted octanol–water partition coefficient (Wildman–Crippen LogP) is 5.20. The lowest BCUT2D eigenvalue weighted by molar-refractivity contribution is 0.341.